The molecule has 8 heteroatoms. The van der Waals surface area contributed by atoms with E-state index in [9.17, 15) is 16.8 Å². The molecular weight excluding hydrogens is 432 g/mol. The van der Waals surface area contributed by atoms with E-state index < -0.39 is 20.0 Å². The lowest BCUT2D eigenvalue weighted by atomic mass is 10.0. The van der Waals surface area contributed by atoms with Crippen LogP contribution < -0.4 is 0 Å². The molecule has 1 fully saturated rings. The summed E-state index contributed by atoms with van der Waals surface area (Å²) in [6.45, 7) is 8.91. The molecule has 170 valence electrons. The Morgan fingerprint density at radius 1 is 0.677 bits per heavy atom. The van der Waals surface area contributed by atoms with Gasteiger partial charge in [0, 0.05) is 26.2 Å². The second-order valence-electron chi connectivity index (χ2n) is 8.77. The second kappa shape index (κ2) is 9.40. The summed E-state index contributed by atoms with van der Waals surface area (Å²) in [5.74, 6) is 0.823. The third kappa shape index (κ3) is 5.37. The monoisotopic (exact) mass is 464 g/mol. The SMILES string of the molecule is CC(C)Cc1ccc(S(=O)(=O)N2CCN(S(=O)(=O)c3ccc(C(C)C)cc3)CC2)cc1. The van der Waals surface area contributed by atoms with Gasteiger partial charge in [0.15, 0.2) is 0 Å². The average molecular weight is 465 g/mol. The maximum atomic E-state index is 13.0. The third-order valence-corrected chi connectivity index (χ3v) is 9.41. The van der Waals surface area contributed by atoms with Crippen LogP contribution in [0.1, 0.15) is 44.7 Å². The van der Waals surface area contributed by atoms with Crippen LogP contribution in [0.4, 0.5) is 0 Å². The Hall–Kier alpha value is -1.74. The summed E-state index contributed by atoms with van der Waals surface area (Å²) in [6.07, 6.45) is 0.898. The van der Waals surface area contributed by atoms with E-state index in [0.717, 1.165) is 17.5 Å². The molecule has 2 aromatic carbocycles. The van der Waals surface area contributed by atoms with Gasteiger partial charge in [0.05, 0.1) is 9.79 Å². The van der Waals surface area contributed by atoms with E-state index >= 15 is 0 Å². The van der Waals surface area contributed by atoms with Gasteiger partial charge in [-0.3, -0.25) is 0 Å². The summed E-state index contributed by atoms with van der Waals surface area (Å²) in [5.41, 5.74) is 2.18. The van der Waals surface area contributed by atoms with Crippen molar-refractivity contribution in [1.29, 1.82) is 0 Å². The molecule has 0 spiro atoms. The van der Waals surface area contributed by atoms with E-state index in [1.54, 1.807) is 24.3 Å². The van der Waals surface area contributed by atoms with Crippen molar-refractivity contribution in [2.45, 2.75) is 49.8 Å². The van der Waals surface area contributed by atoms with Crippen LogP contribution in [0.5, 0.6) is 0 Å². The highest BCUT2D eigenvalue weighted by Crippen LogP contribution is 2.24. The van der Waals surface area contributed by atoms with E-state index in [-0.39, 0.29) is 36.0 Å². The van der Waals surface area contributed by atoms with E-state index in [2.05, 4.69) is 27.7 Å². The van der Waals surface area contributed by atoms with Gasteiger partial charge in [-0.25, -0.2) is 16.8 Å². The number of piperazine rings is 1. The maximum absolute atomic E-state index is 13.0. The molecule has 0 N–H and O–H groups in total. The van der Waals surface area contributed by atoms with Crippen LogP contribution in [0.3, 0.4) is 0 Å². The fourth-order valence-electron chi connectivity index (χ4n) is 3.74. The molecule has 0 saturated carbocycles. The molecular formula is C23H32N2O4S2. The molecule has 1 aliphatic rings. The molecule has 3 rings (SSSR count). The molecule has 0 bridgehead atoms. The summed E-state index contributed by atoms with van der Waals surface area (Å²) in [6, 6.07) is 13.9. The number of hydrogen-bond donors (Lipinski definition) is 0. The lowest BCUT2D eigenvalue weighted by Gasteiger charge is -2.33. The Morgan fingerprint density at radius 2 is 1.06 bits per heavy atom. The van der Waals surface area contributed by atoms with Crippen LogP contribution in [-0.4, -0.2) is 51.6 Å². The Kier molecular flexibility index (Phi) is 7.25. The fourth-order valence-corrected chi connectivity index (χ4v) is 6.59. The zero-order valence-corrected chi connectivity index (χ0v) is 20.3. The minimum Gasteiger partial charge on any atom is -0.207 e. The highest BCUT2D eigenvalue weighted by atomic mass is 32.2. The molecule has 1 aliphatic heterocycles. The molecule has 1 saturated heterocycles. The predicted octanol–water partition coefficient (Wildman–Crippen LogP) is 3.70. The molecule has 0 amide bonds. The Balaban J connectivity index is 1.69. The van der Waals surface area contributed by atoms with Gasteiger partial charge in [0.1, 0.15) is 0 Å². The molecule has 0 unspecified atom stereocenters. The van der Waals surface area contributed by atoms with Gasteiger partial charge in [0.25, 0.3) is 0 Å². The second-order valence-corrected chi connectivity index (χ2v) is 12.6. The van der Waals surface area contributed by atoms with Crippen LogP contribution in [0.15, 0.2) is 58.3 Å². The van der Waals surface area contributed by atoms with E-state index in [1.165, 1.54) is 8.61 Å². The Bertz CT molecular complexity index is 1080. The minimum atomic E-state index is -3.64. The first-order valence-electron chi connectivity index (χ1n) is 10.7. The van der Waals surface area contributed by atoms with E-state index in [0.29, 0.717) is 11.8 Å². The Morgan fingerprint density at radius 3 is 1.42 bits per heavy atom. The normalized spacial score (nSPS) is 16.8. The van der Waals surface area contributed by atoms with Gasteiger partial charge in [-0.15, -0.1) is 0 Å². The number of sulfonamides is 2. The summed E-state index contributed by atoms with van der Waals surface area (Å²) in [5, 5.41) is 0. The van der Waals surface area contributed by atoms with Crippen molar-refractivity contribution >= 4 is 20.0 Å². The number of hydrogen-bond acceptors (Lipinski definition) is 4. The molecule has 0 aromatic heterocycles. The van der Waals surface area contributed by atoms with Crippen molar-refractivity contribution in [1.82, 2.24) is 8.61 Å². The standard InChI is InChI=1S/C23H32N2O4S2/c1-18(2)17-20-5-9-22(10-6-20)30(26,27)24-13-15-25(16-14-24)31(28,29)23-11-7-21(8-12-23)19(3)4/h5-12,18-19H,13-17H2,1-4H3. The van der Waals surface area contributed by atoms with Crippen LogP contribution in [0.2, 0.25) is 0 Å². The van der Waals surface area contributed by atoms with Crippen molar-refractivity contribution in [3.05, 3.63) is 59.7 Å². The Labute approximate surface area is 187 Å². The van der Waals surface area contributed by atoms with E-state index in [1.807, 2.05) is 24.3 Å². The highest BCUT2D eigenvalue weighted by Gasteiger charge is 2.33. The number of benzene rings is 2. The lowest BCUT2D eigenvalue weighted by Crippen LogP contribution is -2.50. The zero-order chi connectivity index (χ0) is 22.8. The quantitative estimate of drug-likeness (QED) is 0.626. The lowest BCUT2D eigenvalue weighted by molar-refractivity contribution is 0.273. The zero-order valence-electron chi connectivity index (χ0n) is 18.7. The fraction of sp³-hybridized carbons (Fsp3) is 0.478. The summed E-state index contributed by atoms with van der Waals surface area (Å²) in [4.78, 5) is 0.495. The summed E-state index contributed by atoms with van der Waals surface area (Å²) < 4.78 is 54.7. The molecule has 31 heavy (non-hydrogen) atoms. The molecule has 0 aliphatic carbocycles. The highest BCUT2D eigenvalue weighted by molar-refractivity contribution is 7.89. The first-order chi connectivity index (χ1) is 14.5. The van der Waals surface area contributed by atoms with Crippen molar-refractivity contribution in [2.24, 2.45) is 5.92 Å². The van der Waals surface area contributed by atoms with Crippen LogP contribution >= 0.6 is 0 Å². The molecule has 6 nitrogen and oxygen atoms in total. The van der Waals surface area contributed by atoms with Gasteiger partial charge in [-0.2, -0.15) is 8.61 Å². The number of nitrogens with zero attached hydrogens (tertiary/aromatic N) is 2. The van der Waals surface area contributed by atoms with Crippen LogP contribution in [0.25, 0.3) is 0 Å². The first kappa shape index (κ1) is 23.9. The van der Waals surface area contributed by atoms with Gasteiger partial charge in [-0.05, 0) is 53.6 Å². The van der Waals surface area contributed by atoms with Crippen LogP contribution in [-0.2, 0) is 26.5 Å². The first-order valence-corrected chi connectivity index (χ1v) is 13.6. The van der Waals surface area contributed by atoms with Crippen molar-refractivity contribution in [2.75, 3.05) is 26.2 Å². The molecule has 0 atom stereocenters. The minimum absolute atomic E-state index is 0.138. The van der Waals surface area contributed by atoms with Gasteiger partial charge in [-0.1, -0.05) is 52.0 Å². The summed E-state index contributed by atoms with van der Waals surface area (Å²) in [7, 11) is -7.29. The molecule has 0 radical (unpaired) electrons. The van der Waals surface area contributed by atoms with Crippen LogP contribution in [0, 0.1) is 5.92 Å². The number of rotatable bonds is 7. The molecule has 2 aromatic rings. The third-order valence-electron chi connectivity index (χ3n) is 5.59. The summed E-state index contributed by atoms with van der Waals surface area (Å²) >= 11 is 0. The topological polar surface area (TPSA) is 74.8 Å². The largest absolute Gasteiger partial charge is 0.243 e. The van der Waals surface area contributed by atoms with Gasteiger partial charge < -0.3 is 0 Å². The van der Waals surface area contributed by atoms with Gasteiger partial charge in [0.2, 0.25) is 20.0 Å². The van der Waals surface area contributed by atoms with Crippen molar-refractivity contribution in [3.63, 3.8) is 0 Å². The van der Waals surface area contributed by atoms with Gasteiger partial charge >= 0.3 is 0 Å². The maximum Gasteiger partial charge on any atom is 0.243 e. The van der Waals surface area contributed by atoms with E-state index in [4.69, 9.17) is 0 Å². The predicted molar refractivity (Wildman–Crippen MR) is 123 cm³/mol. The molecule has 1 heterocycles. The average Bonchev–Trinajstić information content (AvgIpc) is 2.74. The van der Waals surface area contributed by atoms with Crippen molar-refractivity contribution < 1.29 is 16.8 Å². The smallest absolute Gasteiger partial charge is 0.207 e. The van der Waals surface area contributed by atoms with Crippen molar-refractivity contribution in [3.8, 4) is 0 Å².